The number of carbonyl (C=O) groups excluding carboxylic acids is 12. The van der Waals surface area contributed by atoms with Crippen LogP contribution in [0.3, 0.4) is 0 Å². The first-order valence-electron chi connectivity index (χ1n) is 44.1. The van der Waals surface area contributed by atoms with Crippen LogP contribution in [0.4, 0.5) is 0 Å². The molecule has 0 bridgehead atoms. The SMILES string of the molecule is CC(C)(O)C(=O)c1ccc(OCCO)cc1.CC(C)(O)C(=O)c1ccc(OCCO)cc1.CC(C)(OCCO)C(=O)c1ccccc1.C[N+](C)(C)CC(O)COc1ccc2sc3ccccc3c(=O)c2c1.Cc1cc(C)c(C(=O)P(=O)([O-])c2ccccc2)c(C)c1.O=C([O-])CN1C(=O)c2ccc(C(=O)c3ccc4c(c3)C(=O)N(CC(=O)[O-])C4=O)cc2C1=O.O=C(c1ccccc1)c1ccc(OCCO)cc1.[Cl-].[Li+].[Li+].[Na+]. The van der Waals surface area contributed by atoms with Crippen LogP contribution in [0.2, 0.25) is 0 Å². The van der Waals surface area contributed by atoms with Gasteiger partial charge < -0.3 is 106 Å². The molecule has 7 N–H and O–H groups in total. The number of aliphatic hydroxyl groups is 7. The van der Waals surface area contributed by atoms with Gasteiger partial charge in [-0.2, -0.15) is 0 Å². The third-order valence-corrected chi connectivity index (χ3v) is 23.6. The maximum absolute atomic E-state index is 12.9. The summed E-state index contributed by atoms with van der Waals surface area (Å²) in [4.78, 5) is 169. The van der Waals surface area contributed by atoms with Gasteiger partial charge in [0.05, 0.1) is 101 Å². The van der Waals surface area contributed by atoms with E-state index in [1.807, 2.05) is 113 Å². The number of rotatable bonds is 34. The van der Waals surface area contributed by atoms with Gasteiger partial charge in [-0.1, -0.05) is 133 Å². The third-order valence-electron chi connectivity index (χ3n) is 20.8. The second-order valence-corrected chi connectivity index (χ2v) is 37.6. The van der Waals surface area contributed by atoms with Gasteiger partial charge in [0.1, 0.15) is 86.2 Å². The van der Waals surface area contributed by atoms with Gasteiger partial charge in [-0.05, 0) is 201 Å². The summed E-state index contributed by atoms with van der Waals surface area (Å²) < 4.78 is 41.5. The van der Waals surface area contributed by atoms with Crippen LogP contribution >= 0.6 is 18.7 Å². The number of hydrogen-bond acceptors (Lipinski definition) is 30. The van der Waals surface area contributed by atoms with Crippen molar-refractivity contribution >= 4 is 114 Å². The molecule has 1 aromatic heterocycles. The number of halogens is 1. The zero-order valence-corrected chi connectivity index (χ0v) is 87.5. The number of aryl methyl sites for hydroxylation is 3. The molecule has 12 aromatic rings. The molecule has 0 fully saturated rings. The Bertz CT molecular complexity index is 6430. The number of fused-ring (bicyclic) bond motifs is 4. The number of hydrogen-bond donors (Lipinski definition) is 7. The average molecular weight is 2040 g/mol. The molecule has 0 radical (unpaired) electrons. The van der Waals surface area contributed by atoms with Crippen LogP contribution in [0, 0.1) is 20.8 Å². The fourth-order valence-corrected chi connectivity index (χ4v) is 16.6. The Labute approximate surface area is 894 Å². The van der Waals surface area contributed by atoms with E-state index in [9.17, 15) is 97.3 Å². The Morgan fingerprint density at radius 3 is 1.17 bits per heavy atom. The summed E-state index contributed by atoms with van der Waals surface area (Å²) >= 11 is 1.60. The molecule has 145 heavy (non-hydrogen) atoms. The summed E-state index contributed by atoms with van der Waals surface area (Å²) in [7, 11) is 1.75. The number of carbonyl (C=O) groups is 12. The van der Waals surface area contributed by atoms with E-state index >= 15 is 0 Å². The maximum Gasteiger partial charge on any atom is 1.00 e. The topological polar surface area (TPSA) is 502 Å². The van der Waals surface area contributed by atoms with Crippen LogP contribution in [-0.2, 0) is 18.9 Å². The van der Waals surface area contributed by atoms with Gasteiger partial charge in [-0.15, -0.1) is 11.3 Å². The van der Waals surface area contributed by atoms with Gasteiger partial charge in [0, 0.05) is 70.0 Å². The van der Waals surface area contributed by atoms with Crippen LogP contribution < -0.4 is 124 Å². The van der Waals surface area contributed by atoms with E-state index in [0.29, 0.717) is 88.2 Å². The maximum atomic E-state index is 12.9. The normalized spacial score (nSPS) is 12.2. The predicted molar refractivity (Wildman–Crippen MR) is 522 cm³/mol. The summed E-state index contributed by atoms with van der Waals surface area (Å²) in [5.74, 6) is -5.66. The molecule has 2 unspecified atom stereocenters. The van der Waals surface area contributed by atoms with Crippen molar-refractivity contribution in [3.05, 3.63) is 348 Å². The third kappa shape index (κ3) is 36.0. The van der Waals surface area contributed by atoms with Crippen molar-refractivity contribution < 1.29 is 221 Å². The minimum absolute atomic E-state index is 0. The fraction of sp³-hybridized carbons (Fsp3) is 0.262. The van der Waals surface area contributed by atoms with E-state index in [-0.39, 0.29) is 212 Å². The number of benzene rings is 11. The molecule has 0 spiro atoms. The Hall–Kier alpha value is -11.9. The molecule has 2 aliphatic rings. The first-order valence-corrected chi connectivity index (χ1v) is 46.5. The van der Waals surface area contributed by atoms with E-state index in [2.05, 4.69) is 0 Å². The second kappa shape index (κ2) is 57.8. The molecular weight excluding hydrogens is 1930 g/mol. The average Bonchev–Trinajstić information content (AvgIpc) is 1.62. The second-order valence-electron chi connectivity index (χ2n) is 34.5. The van der Waals surface area contributed by atoms with Gasteiger partial charge >= 0.3 is 67.3 Å². The molecule has 11 aromatic carbocycles. The van der Waals surface area contributed by atoms with Crippen LogP contribution in [0.25, 0.3) is 20.2 Å². The number of quaternary nitrogens is 1. The molecule has 32 nitrogen and oxygen atoms in total. The summed E-state index contributed by atoms with van der Waals surface area (Å²) in [6.07, 6.45) is -0.549. The van der Waals surface area contributed by atoms with Crippen molar-refractivity contribution in [3.63, 3.8) is 0 Å². The number of carboxylic acids is 2. The Morgan fingerprint density at radius 1 is 0.421 bits per heavy atom. The Balaban J connectivity index is 0.000000357. The molecule has 0 saturated heterocycles. The smallest absolute Gasteiger partial charge is 1.00 e. The molecule has 0 saturated carbocycles. The van der Waals surface area contributed by atoms with E-state index in [4.69, 9.17) is 44.1 Å². The van der Waals surface area contributed by atoms with Gasteiger partial charge in [-0.25, -0.2) is 0 Å². The van der Waals surface area contributed by atoms with Crippen LogP contribution in [0.1, 0.15) is 173 Å². The number of ether oxygens (including phenoxy) is 5. The van der Waals surface area contributed by atoms with Gasteiger partial charge in [0.15, 0.2) is 34.3 Å². The minimum atomic E-state index is -4.32. The number of nitrogens with zero attached hydrogens (tertiary/aromatic N) is 3. The van der Waals surface area contributed by atoms with Crippen LogP contribution in [0.5, 0.6) is 23.0 Å². The molecule has 2 atom stereocenters. The largest absolute Gasteiger partial charge is 1.00 e. The van der Waals surface area contributed by atoms with Crippen LogP contribution in [0.15, 0.2) is 260 Å². The van der Waals surface area contributed by atoms with E-state index in [1.54, 1.807) is 160 Å². The zero-order valence-electron chi connectivity index (χ0n) is 83.0. The summed E-state index contributed by atoms with van der Waals surface area (Å²) in [5, 5.41) is 86.6. The number of Topliss-reactive ketones (excluding diaryl/α,β-unsaturated/α-hetero) is 3. The summed E-state index contributed by atoms with van der Waals surface area (Å²) in [6, 6.07) is 69.8. The van der Waals surface area contributed by atoms with Crippen molar-refractivity contribution in [2.45, 2.75) is 85.2 Å². The number of likely N-dealkylation sites (N-methyl/N-ethyl adjacent to an activating group) is 1. The van der Waals surface area contributed by atoms with Gasteiger partial charge in [-0.3, -0.25) is 62.5 Å². The molecule has 748 valence electrons. The van der Waals surface area contributed by atoms with Crippen molar-refractivity contribution in [1.82, 2.24) is 9.80 Å². The Kier molecular flexibility index (Phi) is 50.0. The standard InChI is InChI=1S/C21H12N2O9.C19H22NO3S.C16H17O3P.C15H14O3.2C12H16O4.C12H16O3.ClH.2Li.Na/c24-15(25)7-22-18(29)11-3-1-9(5-13(11)20(22)31)17(28)10-2-4-12-14(6-10)21(32)23(19(12)30)8-16(26)27;1-20(2,3)11-13(21)12-23-14-8-9-18-16(10-14)19(22)15-6-4-5-7-17(15)24-18;1-11-9-12(2)15(13(3)10-11)16(17)20(18,19)14-7-5-4-6-8-14;16-10-11-18-14-8-6-13(7-9-14)15(17)12-4-2-1-3-5-12;2*1-12(2,15)11(14)9-3-5-10(6-4-9)16-8-7-13;1-12(2,15-9-8-13)11(14)10-6-4-3-5-7-10;;;;/h1-6H,7-8H2,(H,24,25)(H,26,27);4-10,13,21H,11-12H2,1-3H3;4-10H,1-3H3,(H,18,19);1-9,16H,10-11H2;2*3-6,13,15H,7-8H2,1-2H3;3-7,13H,8-9H2,1-2H3;1H;;;/q;+1;;;;;;;3*+1/p-4. The monoisotopic (exact) mass is 2040 g/mol. The molecular formula is C107H110ClLi2N3NaO29PS. The molecule has 3 heterocycles. The number of amides is 4. The number of aliphatic carboxylic acids is 2. The van der Waals surface area contributed by atoms with Crippen molar-refractivity contribution in [2.24, 2.45) is 0 Å². The van der Waals surface area contributed by atoms with Crippen molar-refractivity contribution in [2.75, 3.05) is 100 Å². The first-order chi connectivity index (χ1) is 66.5. The summed E-state index contributed by atoms with van der Waals surface area (Å²) in [6.45, 7) is 14.3. The van der Waals surface area contributed by atoms with Crippen LogP contribution in [-0.4, -0.2) is 243 Å². The Morgan fingerprint density at radius 2 is 0.766 bits per heavy atom. The van der Waals surface area contributed by atoms with Crippen molar-refractivity contribution in [3.8, 4) is 23.0 Å². The molecule has 4 amide bonds. The summed E-state index contributed by atoms with van der Waals surface area (Å²) in [5.41, 5.74) is 0.569. The molecule has 38 heteroatoms. The number of carboxylic acid groups (broad SMARTS) is 2. The predicted octanol–water partition coefficient (Wildman–Crippen LogP) is -2.83. The fourth-order valence-electron chi connectivity index (χ4n) is 14.1. The zero-order chi connectivity index (χ0) is 104. The van der Waals surface area contributed by atoms with Gasteiger partial charge in [0.2, 0.25) is 5.52 Å². The molecule has 0 aliphatic carbocycles. The molecule has 2 aliphatic heterocycles. The number of imide groups is 2. The molecule has 14 rings (SSSR count). The van der Waals surface area contributed by atoms with E-state index in [1.165, 1.54) is 64.1 Å². The number of aliphatic hydroxyl groups excluding tert-OH is 5. The van der Waals surface area contributed by atoms with E-state index < -0.39 is 90.2 Å². The van der Waals surface area contributed by atoms with E-state index in [0.717, 1.165) is 32.5 Å². The quantitative estimate of drug-likeness (QED) is 0.00534. The minimum Gasteiger partial charge on any atom is -1.00 e. The first kappa shape index (κ1) is 125. The van der Waals surface area contributed by atoms with Gasteiger partial charge in [0.25, 0.3) is 23.6 Å². The van der Waals surface area contributed by atoms with Crippen molar-refractivity contribution in [1.29, 1.82) is 0 Å². The number of ketones is 5.